The van der Waals surface area contributed by atoms with Crippen LogP contribution in [0, 0.1) is 5.41 Å². The molecule has 0 aliphatic carbocycles. The average Bonchev–Trinajstić information content (AvgIpc) is 2.18. The Morgan fingerprint density at radius 1 is 1.50 bits per heavy atom. The van der Waals surface area contributed by atoms with E-state index < -0.39 is 11.4 Å². The maximum absolute atomic E-state index is 11.5. The molecular weight excluding hydrogens is 204 g/mol. The van der Waals surface area contributed by atoms with Crippen molar-refractivity contribution in [1.29, 1.82) is 0 Å². The number of halogens is 1. The summed E-state index contributed by atoms with van der Waals surface area (Å²) in [6.45, 7) is 3.17. The van der Waals surface area contributed by atoms with Crippen molar-refractivity contribution in [3.8, 4) is 0 Å². The van der Waals surface area contributed by atoms with E-state index in [1.807, 2.05) is 0 Å². The summed E-state index contributed by atoms with van der Waals surface area (Å²) in [6, 6.07) is 0. The molecule has 14 heavy (non-hydrogen) atoms. The van der Waals surface area contributed by atoms with E-state index in [-0.39, 0.29) is 12.2 Å². The monoisotopic (exact) mass is 218 g/mol. The van der Waals surface area contributed by atoms with Crippen molar-refractivity contribution >= 4 is 23.4 Å². The van der Waals surface area contributed by atoms with E-state index in [2.05, 4.69) is 4.74 Å². The first-order valence-corrected chi connectivity index (χ1v) is 4.83. The zero-order valence-electron chi connectivity index (χ0n) is 8.67. The molecule has 0 aliphatic heterocycles. The molecule has 0 saturated heterocycles. The molecule has 1 atom stereocenters. The minimum atomic E-state index is -1.07. The molecule has 0 spiro atoms. The molecule has 1 unspecified atom stereocenters. The largest absolute Gasteiger partial charge is 0.468 e. The van der Waals surface area contributed by atoms with Crippen molar-refractivity contribution in [2.24, 2.45) is 5.41 Å². The third kappa shape index (κ3) is 2.58. The van der Waals surface area contributed by atoms with Gasteiger partial charge >= 0.3 is 5.97 Å². The molecule has 0 amide bonds. The van der Waals surface area contributed by atoms with Gasteiger partial charge in [0.05, 0.1) is 7.11 Å². The molecule has 4 heteroatoms. The third-order valence-corrected chi connectivity index (χ3v) is 2.59. The number of carbonyl (C=O) groups excluding carboxylic acids is 2. The summed E-state index contributed by atoms with van der Waals surface area (Å²) in [4.78, 5) is 22.9. The third-order valence-electron chi connectivity index (χ3n) is 2.41. The Kier molecular flexibility index (Phi) is 5.46. The standard InChI is InChI=1S/C10H15ClO3/c1-4-10(8(2)12,6-5-7-11)9(13)14-3/h5,7H,4,6H2,1-3H3/b7-5+. The van der Waals surface area contributed by atoms with Gasteiger partial charge in [-0.2, -0.15) is 0 Å². The van der Waals surface area contributed by atoms with Gasteiger partial charge in [-0.25, -0.2) is 0 Å². The normalized spacial score (nSPS) is 15.1. The van der Waals surface area contributed by atoms with Gasteiger partial charge in [0.1, 0.15) is 11.2 Å². The Morgan fingerprint density at radius 3 is 2.36 bits per heavy atom. The average molecular weight is 219 g/mol. The first-order valence-electron chi connectivity index (χ1n) is 4.39. The van der Waals surface area contributed by atoms with E-state index in [0.717, 1.165) is 0 Å². The van der Waals surface area contributed by atoms with Crippen LogP contribution in [0.1, 0.15) is 26.7 Å². The highest BCUT2D eigenvalue weighted by atomic mass is 35.5. The lowest BCUT2D eigenvalue weighted by Crippen LogP contribution is -2.38. The van der Waals surface area contributed by atoms with Crippen molar-refractivity contribution in [3.05, 3.63) is 11.6 Å². The predicted molar refractivity (Wildman–Crippen MR) is 55.0 cm³/mol. The van der Waals surface area contributed by atoms with E-state index in [1.54, 1.807) is 13.0 Å². The number of hydrogen-bond donors (Lipinski definition) is 0. The van der Waals surface area contributed by atoms with Gasteiger partial charge in [0.15, 0.2) is 0 Å². The summed E-state index contributed by atoms with van der Waals surface area (Å²) in [7, 11) is 1.28. The van der Waals surface area contributed by atoms with Crippen molar-refractivity contribution < 1.29 is 14.3 Å². The van der Waals surface area contributed by atoms with Crippen LogP contribution in [0.5, 0.6) is 0 Å². The van der Waals surface area contributed by atoms with Gasteiger partial charge in [-0.1, -0.05) is 24.6 Å². The van der Waals surface area contributed by atoms with E-state index in [0.29, 0.717) is 6.42 Å². The number of ether oxygens (including phenoxy) is 1. The van der Waals surface area contributed by atoms with Gasteiger partial charge in [-0.15, -0.1) is 0 Å². The molecule has 0 aromatic heterocycles. The lowest BCUT2D eigenvalue weighted by molar-refractivity contribution is -0.157. The van der Waals surface area contributed by atoms with Crippen molar-refractivity contribution in [1.82, 2.24) is 0 Å². The highest BCUT2D eigenvalue weighted by Gasteiger charge is 2.41. The van der Waals surface area contributed by atoms with E-state index >= 15 is 0 Å². The summed E-state index contributed by atoms with van der Waals surface area (Å²) in [6.07, 6.45) is 2.29. The molecule has 0 aromatic carbocycles. The number of allylic oxidation sites excluding steroid dienone is 1. The van der Waals surface area contributed by atoms with Gasteiger partial charge in [-0.3, -0.25) is 9.59 Å². The van der Waals surface area contributed by atoms with Crippen LogP contribution in [-0.2, 0) is 14.3 Å². The summed E-state index contributed by atoms with van der Waals surface area (Å²) >= 11 is 5.37. The van der Waals surface area contributed by atoms with Gasteiger partial charge in [0.25, 0.3) is 0 Å². The summed E-state index contributed by atoms with van der Waals surface area (Å²) in [5.41, 5.74) is 0.233. The number of methoxy groups -OCH3 is 1. The van der Waals surface area contributed by atoms with Crippen LogP contribution in [0.25, 0.3) is 0 Å². The molecule has 0 aliphatic rings. The Bertz CT molecular complexity index is 248. The van der Waals surface area contributed by atoms with Gasteiger partial charge < -0.3 is 4.74 Å². The molecule has 0 rings (SSSR count). The van der Waals surface area contributed by atoms with Gasteiger partial charge in [0, 0.05) is 5.54 Å². The highest BCUT2D eigenvalue weighted by molar-refractivity contribution is 6.25. The molecule has 0 bridgehead atoms. The van der Waals surface area contributed by atoms with E-state index in [1.165, 1.54) is 19.6 Å². The second-order valence-electron chi connectivity index (χ2n) is 3.05. The zero-order valence-corrected chi connectivity index (χ0v) is 9.43. The SMILES string of the molecule is CCC(C/C=C/Cl)(C(C)=O)C(=O)OC. The maximum atomic E-state index is 11.5. The summed E-state index contributed by atoms with van der Waals surface area (Å²) in [5.74, 6) is -0.691. The second kappa shape index (κ2) is 5.81. The maximum Gasteiger partial charge on any atom is 0.319 e. The Hall–Kier alpha value is -0.830. The number of ketones is 1. The summed E-state index contributed by atoms with van der Waals surface area (Å²) in [5, 5.41) is 0. The van der Waals surface area contributed by atoms with Crippen LogP contribution in [-0.4, -0.2) is 18.9 Å². The van der Waals surface area contributed by atoms with Gasteiger partial charge in [0.2, 0.25) is 0 Å². The fraction of sp³-hybridized carbons (Fsp3) is 0.600. The fourth-order valence-corrected chi connectivity index (χ4v) is 1.44. The highest BCUT2D eigenvalue weighted by Crippen LogP contribution is 2.30. The number of hydrogen-bond acceptors (Lipinski definition) is 3. The molecule has 0 heterocycles. The number of rotatable bonds is 5. The van der Waals surface area contributed by atoms with E-state index in [4.69, 9.17) is 11.6 Å². The molecule has 0 aromatic rings. The van der Waals surface area contributed by atoms with Gasteiger partial charge in [-0.05, 0) is 19.8 Å². The van der Waals surface area contributed by atoms with E-state index in [9.17, 15) is 9.59 Å². The summed E-state index contributed by atoms with van der Waals surface area (Å²) < 4.78 is 4.63. The van der Waals surface area contributed by atoms with Crippen molar-refractivity contribution in [3.63, 3.8) is 0 Å². The fourth-order valence-electron chi connectivity index (χ4n) is 1.35. The second-order valence-corrected chi connectivity index (χ2v) is 3.30. The molecule has 0 N–H and O–H groups in total. The Morgan fingerprint density at radius 2 is 2.07 bits per heavy atom. The molecule has 0 saturated carbocycles. The topological polar surface area (TPSA) is 43.4 Å². The van der Waals surface area contributed by atoms with Crippen LogP contribution in [0.2, 0.25) is 0 Å². The lowest BCUT2D eigenvalue weighted by Gasteiger charge is -2.25. The Balaban J connectivity index is 4.97. The Labute approximate surface area is 89.1 Å². The molecule has 3 nitrogen and oxygen atoms in total. The van der Waals surface area contributed by atoms with Crippen LogP contribution >= 0.6 is 11.6 Å². The van der Waals surface area contributed by atoms with Crippen LogP contribution < -0.4 is 0 Å². The molecule has 0 fully saturated rings. The quantitative estimate of drug-likeness (QED) is 0.525. The van der Waals surface area contributed by atoms with Crippen LogP contribution in [0.3, 0.4) is 0 Å². The van der Waals surface area contributed by atoms with Crippen LogP contribution in [0.4, 0.5) is 0 Å². The minimum Gasteiger partial charge on any atom is -0.468 e. The van der Waals surface area contributed by atoms with Crippen LogP contribution in [0.15, 0.2) is 11.6 Å². The lowest BCUT2D eigenvalue weighted by atomic mass is 9.78. The first kappa shape index (κ1) is 13.2. The van der Waals surface area contributed by atoms with Crippen molar-refractivity contribution in [2.45, 2.75) is 26.7 Å². The minimum absolute atomic E-state index is 0.193. The number of Topliss-reactive ketones (excluding diaryl/α,β-unsaturated/α-hetero) is 1. The predicted octanol–water partition coefficient (Wildman–Crippen LogP) is 2.29. The first-order chi connectivity index (χ1) is 6.55. The number of carbonyl (C=O) groups is 2. The zero-order chi connectivity index (χ0) is 11.2. The van der Waals surface area contributed by atoms with Crippen molar-refractivity contribution in [2.75, 3.05) is 7.11 Å². The molecule has 80 valence electrons. The molecular formula is C10H15ClO3. The molecule has 0 radical (unpaired) electrons. The number of esters is 1. The smallest absolute Gasteiger partial charge is 0.319 e.